The lowest BCUT2D eigenvalue weighted by Crippen LogP contribution is -2.21. The van der Waals surface area contributed by atoms with Crippen LogP contribution in [-0.4, -0.2) is 17.8 Å². The van der Waals surface area contributed by atoms with Gasteiger partial charge in [0.25, 0.3) is 0 Å². The van der Waals surface area contributed by atoms with Crippen LogP contribution in [0.5, 0.6) is 0 Å². The number of rotatable bonds is 8. The van der Waals surface area contributed by atoms with E-state index in [0.29, 0.717) is 12.0 Å². The van der Waals surface area contributed by atoms with Crippen molar-refractivity contribution in [2.75, 3.05) is 6.61 Å². The molecule has 0 heterocycles. The Hall–Kier alpha value is -0.860. The number of benzene rings is 1. The van der Waals surface area contributed by atoms with Gasteiger partial charge in [-0.3, -0.25) is 0 Å². The van der Waals surface area contributed by atoms with Crippen LogP contribution in [0.4, 0.5) is 0 Å². The summed E-state index contributed by atoms with van der Waals surface area (Å²) in [5.74, 6) is 0.670. The Balaban J connectivity index is 1.76. The predicted molar refractivity (Wildman–Crippen MR) is 92.2 cm³/mol. The van der Waals surface area contributed by atoms with Gasteiger partial charge in [0.1, 0.15) is 0 Å². The molecule has 0 aliphatic heterocycles. The van der Waals surface area contributed by atoms with Crippen LogP contribution in [0, 0.1) is 0 Å². The van der Waals surface area contributed by atoms with Gasteiger partial charge in [0.15, 0.2) is 0 Å². The average Bonchev–Trinajstić information content (AvgIpc) is 2.59. The maximum atomic E-state index is 9.87. The fraction of sp³-hybridized carbons (Fsp3) is 0.700. The summed E-state index contributed by atoms with van der Waals surface area (Å²) in [4.78, 5) is 0. The quantitative estimate of drug-likeness (QED) is 0.655. The van der Waals surface area contributed by atoms with Crippen molar-refractivity contribution in [2.45, 2.75) is 83.3 Å². The molecule has 0 amide bonds. The van der Waals surface area contributed by atoms with Crippen LogP contribution in [0.2, 0.25) is 0 Å². The Morgan fingerprint density at radius 2 is 1.73 bits per heavy atom. The van der Waals surface area contributed by atoms with E-state index >= 15 is 0 Å². The van der Waals surface area contributed by atoms with Crippen LogP contribution in [0.1, 0.15) is 88.4 Å². The molecule has 0 bridgehead atoms. The first-order chi connectivity index (χ1) is 10.7. The number of aliphatic hydroxyl groups excluding tert-OH is 1. The van der Waals surface area contributed by atoms with Crippen LogP contribution >= 0.6 is 0 Å². The topological polar surface area (TPSA) is 29.5 Å². The van der Waals surface area contributed by atoms with Gasteiger partial charge < -0.3 is 9.84 Å². The zero-order valence-corrected chi connectivity index (χ0v) is 14.3. The second-order valence-corrected chi connectivity index (χ2v) is 6.64. The van der Waals surface area contributed by atoms with E-state index < -0.39 is 0 Å². The van der Waals surface area contributed by atoms with Crippen molar-refractivity contribution in [3.05, 3.63) is 35.4 Å². The predicted octanol–water partition coefficient (Wildman–Crippen LogP) is 5.36. The van der Waals surface area contributed by atoms with Crippen molar-refractivity contribution >= 4 is 0 Å². The molecule has 2 nitrogen and oxygen atoms in total. The van der Waals surface area contributed by atoms with Gasteiger partial charge in [-0.15, -0.1) is 0 Å². The first-order valence-corrected chi connectivity index (χ1v) is 9.14. The van der Waals surface area contributed by atoms with Gasteiger partial charge in [-0.2, -0.15) is 0 Å². The third-order valence-electron chi connectivity index (χ3n) is 4.95. The number of aliphatic hydroxyl groups is 1. The van der Waals surface area contributed by atoms with Gasteiger partial charge in [0.2, 0.25) is 0 Å². The van der Waals surface area contributed by atoms with E-state index in [-0.39, 0.29) is 6.10 Å². The van der Waals surface area contributed by atoms with E-state index in [1.807, 2.05) is 6.92 Å². The highest BCUT2D eigenvalue weighted by molar-refractivity contribution is 5.27. The summed E-state index contributed by atoms with van der Waals surface area (Å²) in [5.41, 5.74) is 2.47. The van der Waals surface area contributed by atoms with Gasteiger partial charge >= 0.3 is 0 Å². The molecule has 2 heteroatoms. The Morgan fingerprint density at radius 1 is 1.05 bits per heavy atom. The maximum absolute atomic E-state index is 9.87. The maximum Gasteiger partial charge on any atom is 0.0787 e. The van der Waals surface area contributed by atoms with E-state index in [2.05, 4.69) is 31.2 Å². The lowest BCUT2D eigenvalue weighted by atomic mass is 9.82. The molecule has 1 aliphatic rings. The van der Waals surface area contributed by atoms with E-state index in [1.165, 1.54) is 50.5 Å². The molecule has 1 saturated carbocycles. The summed E-state index contributed by atoms with van der Waals surface area (Å²) in [6.07, 6.45) is 9.53. The summed E-state index contributed by atoms with van der Waals surface area (Å²) >= 11 is 0. The van der Waals surface area contributed by atoms with Crippen LogP contribution < -0.4 is 0 Å². The lowest BCUT2D eigenvalue weighted by molar-refractivity contribution is 0.0227. The molecule has 0 aromatic heterocycles. The van der Waals surface area contributed by atoms with Crippen molar-refractivity contribution in [2.24, 2.45) is 0 Å². The highest BCUT2D eigenvalue weighted by Crippen LogP contribution is 2.34. The minimum atomic E-state index is -0.318. The van der Waals surface area contributed by atoms with Crippen molar-refractivity contribution in [3.63, 3.8) is 0 Å². The normalized spacial score (nSPS) is 23.4. The second kappa shape index (κ2) is 9.32. The molecule has 0 saturated heterocycles. The number of ether oxygens (including phenoxy) is 1. The lowest BCUT2D eigenvalue weighted by Gasteiger charge is -2.29. The summed E-state index contributed by atoms with van der Waals surface area (Å²) in [7, 11) is 0. The average molecular weight is 304 g/mol. The van der Waals surface area contributed by atoms with E-state index in [4.69, 9.17) is 4.74 Å². The Labute approximate surface area is 135 Å². The molecule has 22 heavy (non-hydrogen) atoms. The van der Waals surface area contributed by atoms with Gasteiger partial charge in [0, 0.05) is 6.61 Å². The standard InChI is InChI=1S/C20H32O2/c1-3-5-6-15-22-19-13-11-17(12-14-19)16-7-9-18(10-8-16)20(21)4-2/h7-10,17,19-21H,3-6,11-15H2,1-2H3. The first-order valence-electron chi connectivity index (χ1n) is 9.14. The molecule has 2 rings (SSSR count). The first kappa shape index (κ1) is 17.5. The van der Waals surface area contributed by atoms with Gasteiger partial charge in [-0.25, -0.2) is 0 Å². The summed E-state index contributed by atoms with van der Waals surface area (Å²) in [6.45, 7) is 5.18. The van der Waals surface area contributed by atoms with Crippen LogP contribution in [0.25, 0.3) is 0 Å². The summed E-state index contributed by atoms with van der Waals surface area (Å²) in [5, 5.41) is 9.87. The number of hydrogen-bond acceptors (Lipinski definition) is 2. The molecule has 1 unspecified atom stereocenters. The van der Waals surface area contributed by atoms with Crippen molar-refractivity contribution in [1.82, 2.24) is 0 Å². The summed E-state index contributed by atoms with van der Waals surface area (Å²) in [6, 6.07) is 8.61. The fourth-order valence-electron chi connectivity index (χ4n) is 3.39. The highest BCUT2D eigenvalue weighted by Gasteiger charge is 2.22. The van der Waals surface area contributed by atoms with E-state index in [0.717, 1.165) is 18.6 Å². The minimum Gasteiger partial charge on any atom is -0.388 e. The monoisotopic (exact) mass is 304 g/mol. The van der Waals surface area contributed by atoms with Gasteiger partial charge in [-0.1, -0.05) is 51.0 Å². The van der Waals surface area contributed by atoms with E-state index in [1.54, 1.807) is 0 Å². The van der Waals surface area contributed by atoms with Crippen LogP contribution in [0.15, 0.2) is 24.3 Å². The fourth-order valence-corrected chi connectivity index (χ4v) is 3.39. The third kappa shape index (κ3) is 5.10. The highest BCUT2D eigenvalue weighted by atomic mass is 16.5. The Kier molecular flexibility index (Phi) is 7.41. The molecule has 1 atom stereocenters. The molecule has 0 spiro atoms. The molecular formula is C20H32O2. The Bertz CT molecular complexity index is 404. The van der Waals surface area contributed by atoms with Gasteiger partial charge in [0.05, 0.1) is 12.2 Å². The largest absolute Gasteiger partial charge is 0.388 e. The minimum absolute atomic E-state index is 0.318. The van der Waals surface area contributed by atoms with Crippen molar-refractivity contribution in [3.8, 4) is 0 Å². The molecule has 1 aromatic carbocycles. The molecule has 0 radical (unpaired) electrons. The number of hydrogen-bond donors (Lipinski definition) is 1. The van der Waals surface area contributed by atoms with Crippen LogP contribution in [-0.2, 0) is 4.74 Å². The number of unbranched alkanes of at least 4 members (excludes halogenated alkanes) is 2. The SMILES string of the molecule is CCCCCOC1CCC(c2ccc(C(O)CC)cc2)CC1. The molecule has 1 aromatic rings. The second-order valence-electron chi connectivity index (χ2n) is 6.64. The molecule has 1 aliphatic carbocycles. The van der Waals surface area contributed by atoms with Gasteiger partial charge in [-0.05, 0) is 55.6 Å². The smallest absolute Gasteiger partial charge is 0.0787 e. The Morgan fingerprint density at radius 3 is 2.32 bits per heavy atom. The molecule has 1 fully saturated rings. The third-order valence-corrected chi connectivity index (χ3v) is 4.95. The zero-order chi connectivity index (χ0) is 15.8. The van der Waals surface area contributed by atoms with Crippen LogP contribution in [0.3, 0.4) is 0 Å². The van der Waals surface area contributed by atoms with Crippen molar-refractivity contribution < 1.29 is 9.84 Å². The molecule has 124 valence electrons. The zero-order valence-electron chi connectivity index (χ0n) is 14.3. The van der Waals surface area contributed by atoms with E-state index in [9.17, 15) is 5.11 Å². The van der Waals surface area contributed by atoms with Crippen molar-refractivity contribution in [1.29, 1.82) is 0 Å². The molecule has 1 N–H and O–H groups in total. The molecular weight excluding hydrogens is 272 g/mol. The summed E-state index contributed by atoms with van der Waals surface area (Å²) < 4.78 is 6.00.